The van der Waals surface area contributed by atoms with Crippen LogP contribution in [0.2, 0.25) is 0 Å². The van der Waals surface area contributed by atoms with E-state index in [1.54, 1.807) is 24.0 Å². The number of amides is 1. The van der Waals surface area contributed by atoms with Crippen LogP contribution in [0.1, 0.15) is 29.3 Å². The summed E-state index contributed by atoms with van der Waals surface area (Å²) in [5.74, 6) is -2.85. The number of fused-ring (bicyclic) bond motifs is 1. The Morgan fingerprint density at radius 3 is 2.87 bits per heavy atom. The molecule has 2 aliphatic rings. The Morgan fingerprint density at radius 1 is 1.40 bits per heavy atom. The number of carbonyl (C=O) groups excluding carboxylic acids is 1. The van der Waals surface area contributed by atoms with Gasteiger partial charge in [-0.25, -0.2) is 13.8 Å². The standard InChI is InChI=1S/C20H20F2N4O4/c1-2-29-17(23)14-4-3-13(8-15(14)27)26-11-30-16-7-12(9-24-18(16)26)19(28)25-6-5-20(21,22)10-25/h3-4,7-9,23,27H,2,5-6,10-11H2,1H3. The first-order valence-corrected chi connectivity index (χ1v) is 9.41. The van der Waals surface area contributed by atoms with Crippen LogP contribution < -0.4 is 9.64 Å². The number of hydrogen-bond acceptors (Lipinski definition) is 7. The molecule has 1 aromatic carbocycles. The first kappa shape index (κ1) is 19.9. The van der Waals surface area contributed by atoms with Crippen LogP contribution in [0.3, 0.4) is 0 Å². The number of phenols is 1. The third-order valence-electron chi connectivity index (χ3n) is 4.97. The van der Waals surface area contributed by atoms with Crippen LogP contribution in [0.5, 0.6) is 11.5 Å². The second-order valence-electron chi connectivity index (χ2n) is 7.04. The predicted octanol–water partition coefficient (Wildman–Crippen LogP) is 3.12. The van der Waals surface area contributed by atoms with Crippen LogP contribution >= 0.6 is 0 Å². The topological polar surface area (TPSA) is 99.0 Å². The highest BCUT2D eigenvalue weighted by Gasteiger charge is 2.40. The molecule has 1 saturated heterocycles. The zero-order chi connectivity index (χ0) is 21.5. The van der Waals surface area contributed by atoms with Gasteiger partial charge in [-0.05, 0) is 25.1 Å². The smallest absolute Gasteiger partial charge is 0.267 e. The van der Waals surface area contributed by atoms with E-state index in [-0.39, 0.29) is 42.5 Å². The number of ether oxygens (including phenoxy) is 2. The number of rotatable bonds is 4. The summed E-state index contributed by atoms with van der Waals surface area (Å²) in [6.07, 6.45) is 0.986. The Kier molecular flexibility index (Phi) is 4.92. The second kappa shape index (κ2) is 7.43. The molecule has 158 valence electrons. The monoisotopic (exact) mass is 418 g/mol. The van der Waals surface area contributed by atoms with Gasteiger partial charge in [0.1, 0.15) is 5.75 Å². The van der Waals surface area contributed by atoms with Crippen molar-refractivity contribution in [2.45, 2.75) is 19.3 Å². The summed E-state index contributed by atoms with van der Waals surface area (Å²) in [7, 11) is 0. The minimum atomic E-state index is -2.86. The van der Waals surface area contributed by atoms with Gasteiger partial charge in [0.25, 0.3) is 11.8 Å². The van der Waals surface area contributed by atoms with Gasteiger partial charge in [-0.1, -0.05) is 0 Å². The maximum atomic E-state index is 13.4. The molecule has 3 heterocycles. The molecule has 2 aromatic rings. The fourth-order valence-corrected chi connectivity index (χ4v) is 3.45. The first-order chi connectivity index (χ1) is 14.3. The highest BCUT2D eigenvalue weighted by Crippen LogP contribution is 2.39. The predicted molar refractivity (Wildman–Crippen MR) is 104 cm³/mol. The third-order valence-corrected chi connectivity index (χ3v) is 4.97. The number of phenolic OH excluding ortho intramolecular Hbond substituents is 1. The minimum absolute atomic E-state index is 0.00171. The maximum Gasteiger partial charge on any atom is 0.267 e. The van der Waals surface area contributed by atoms with E-state index in [4.69, 9.17) is 14.9 Å². The van der Waals surface area contributed by atoms with E-state index in [0.717, 1.165) is 4.90 Å². The lowest BCUT2D eigenvalue weighted by atomic mass is 10.1. The van der Waals surface area contributed by atoms with Gasteiger partial charge >= 0.3 is 0 Å². The first-order valence-electron chi connectivity index (χ1n) is 9.41. The third kappa shape index (κ3) is 3.60. The van der Waals surface area contributed by atoms with Gasteiger partial charge in [0.15, 0.2) is 18.3 Å². The number of carbonyl (C=O) groups is 1. The molecule has 30 heavy (non-hydrogen) atoms. The number of halogens is 2. The van der Waals surface area contributed by atoms with E-state index in [1.807, 2.05) is 0 Å². The van der Waals surface area contributed by atoms with Crippen molar-refractivity contribution < 1.29 is 28.2 Å². The molecule has 4 rings (SSSR count). The van der Waals surface area contributed by atoms with Crippen molar-refractivity contribution in [1.29, 1.82) is 5.41 Å². The van der Waals surface area contributed by atoms with Gasteiger partial charge in [0.05, 0.1) is 24.3 Å². The summed E-state index contributed by atoms with van der Waals surface area (Å²) in [4.78, 5) is 19.6. The molecule has 0 saturated carbocycles. The molecule has 2 aliphatic heterocycles. The van der Waals surface area contributed by atoms with Crippen LogP contribution in [0, 0.1) is 5.41 Å². The van der Waals surface area contributed by atoms with Gasteiger partial charge in [-0.3, -0.25) is 15.1 Å². The Hall–Kier alpha value is -3.43. The summed E-state index contributed by atoms with van der Waals surface area (Å²) in [5, 5.41) is 18.1. The average Bonchev–Trinajstić information content (AvgIpc) is 3.29. The zero-order valence-corrected chi connectivity index (χ0v) is 16.2. The highest BCUT2D eigenvalue weighted by atomic mass is 19.3. The van der Waals surface area contributed by atoms with Crippen molar-refractivity contribution in [2.24, 2.45) is 0 Å². The van der Waals surface area contributed by atoms with Gasteiger partial charge in [0, 0.05) is 30.9 Å². The van der Waals surface area contributed by atoms with Crippen LogP contribution in [-0.2, 0) is 4.74 Å². The molecule has 1 aromatic heterocycles. The van der Waals surface area contributed by atoms with E-state index < -0.39 is 18.4 Å². The molecular formula is C20H20F2N4O4. The molecule has 0 spiro atoms. The van der Waals surface area contributed by atoms with E-state index >= 15 is 0 Å². The summed E-state index contributed by atoms with van der Waals surface area (Å²) in [6, 6.07) is 6.20. The summed E-state index contributed by atoms with van der Waals surface area (Å²) in [6.45, 7) is 1.56. The zero-order valence-electron chi connectivity index (χ0n) is 16.2. The number of anilines is 2. The SMILES string of the molecule is CCOC(=N)c1ccc(N2COc3cc(C(=O)N4CCC(F)(F)C4)cnc32)cc1O. The molecule has 0 aliphatic carbocycles. The minimum Gasteiger partial charge on any atom is -0.507 e. The molecule has 10 heteroatoms. The molecule has 0 radical (unpaired) electrons. The molecule has 0 bridgehead atoms. The maximum absolute atomic E-state index is 13.4. The van der Waals surface area contributed by atoms with Crippen LogP contribution in [0.4, 0.5) is 20.3 Å². The quantitative estimate of drug-likeness (QED) is 0.585. The molecule has 0 unspecified atom stereocenters. The molecule has 0 atom stereocenters. The lowest BCUT2D eigenvalue weighted by Gasteiger charge is -2.18. The number of nitrogens with one attached hydrogen (secondary N) is 1. The van der Waals surface area contributed by atoms with Crippen molar-refractivity contribution in [3.63, 3.8) is 0 Å². The fraction of sp³-hybridized carbons (Fsp3) is 0.350. The number of nitrogens with zero attached hydrogens (tertiary/aromatic N) is 3. The lowest BCUT2D eigenvalue weighted by molar-refractivity contribution is 0.0120. The van der Waals surface area contributed by atoms with Crippen LogP contribution in [0.15, 0.2) is 30.5 Å². The Balaban J connectivity index is 1.55. The number of hydrogen-bond donors (Lipinski definition) is 2. The molecule has 1 amide bonds. The number of pyridine rings is 1. The largest absolute Gasteiger partial charge is 0.507 e. The van der Waals surface area contributed by atoms with Gasteiger partial charge in [0.2, 0.25) is 5.90 Å². The molecule has 1 fully saturated rings. The van der Waals surface area contributed by atoms with E-state index in [0.29, 0.717) is 23.9 Å². The van der Waals surface area contributed by atoms with Crippen molar-refractivity contribution >= 4 is 23.3 Å². The van der Waals surface area contributed by atoms with Crippen LogP contribution in [0.25, 0.3) is 0 Å². The van der Waals surface area contributed by atoms with E-state index in [2.05, 4.69) is 4.98 Å². The normalized spacial score (nSPS) is 16.9. The molecule has 2 N–H and O–H groups in total. The summed E-state index contributed by atoms with van der Waals surface area (Å²) in [5.41, 5.74) is 1.01. The average molecular weight is 418 g/mol. The number of benzene rings is 1. The second-order valence-corrected chi connectivity index (χ2v) is 7.04. The van der Waals surface area contributed by atoms with Crippen molar-refractivity contribution in [2.75, 3.05) is 31.3 Å². The van der Waals surface area contributed by atoms with Crippen molar-refractivity contribution in [3.05, 3.63) is 41.6 Å². The Bertz CT molecular complexity index is 1010. The number of likely N-dealkylation sites (tertiary alicyclic amines) is 1. The van der Waals surface area contributed by atoms with Gasteiger partial charge in [-0.2, -0.15) is 0 Å². The van der Waals surface area contributed by atoms with Crippen LogP contribution in [-0.4, -0.2) is 59.1 Å². The van der Waals surface area contributed by atoms with Crippen molar-refractivity contribution in [1.82, 2.24) is 9.88 Å². The number of alkyl halides is 2. The highest BCUT2D eigenvalue weighted by molar-refractivity contribution is 5.96. The van der Waals surface area contributed by atoms with Crippen molar-refractivity contribution in [3.8, 4) is 11.5 Å². The van der Waals surface area contributed by atoms with Gasteiger partial charge < -0.3 is 19.5 Å². The number of aromatic hydroxyl groups is 1. The lowest BCUT2D eigenvalue weighted by Crippen LogP contribution is -2.31. The summed E-state index contributed by atoms with van der Waals surface area (Å²) < 4.78 is 37.5. The fourth-order valence-electron chi connectivity index (χ4n) is 3.45. The van der Waals surface area contributed by atoms with E-state index in [1.165, 1.54) is 18.3 Å². The molecule has 8 nitrogen and oxygen atoms in total. The number of aromatic nitrogens is 1. The summed E-state index contributed by atoms with van der Waals surface area (Å²) >= 11 is 0. The Labute approximate surface area is 171 Å². The Morgan fingerprint density at radius 2 is 2.20 bits per heavy atom. The van der Waals surface area contributed by atoms with Gasteiger partial charge in [-0.15, -0.1) is 0 Å². The molecular weight excluding hydrogens is 398 g/mol. The van der Waals surface area contributed by atoms with E-state index in [9.17, 15) is 18.7 Å².